The van der Waals surface area contributed by atoms with Crippen LogP contribution in [0.25, 0.3) is 0 Å². The van der Waals surface area contributed by atoms with Gasteiger partial charge in [0.15, 0.2) is 11.5 Å². The minimum atomic E-state index is -3.72. The van der Waals surface area contributed by atoms with Crippen LogP contribution in [-0.4, -0.2) is 31.8 Å². The molecule has 0 saturated carbocycles. The van der Waals surface area contributed by atoms with E-state index < -0.39 is 10.0 Å². The standard InChI is InChI=1S/C12H12BrN3O4S/c1-7-12(6-14-15-7)21(17,18)16-9-5-11-10(4-8(9)13)19-2-3-20-11/h4-6,16H,2-3H2,1H3,(H,14,15). The van der Waals surface area contributed by atoms with Gasteiger partial charge in [0.1, 0.15) is 18.1 Å². The Labute approximate surface area is 129 Å². The lowest BCUT2D eigenvalue weighted by molar-refractivity contribution is 0.171. The summed E-state index contributed by atoms with van der Waals surface area (Å²) in [5, 5.41) is 6.32. The Morgan fingerprint density at radius 3 is 2.57 bits per heavy atom. The number of H-pyrrole nitrogens is 1. The van der Waals surface area contributed by atoms with Gasteiger partial charge in [0, 0.05) is 16.6 Å². The van der Waals surface area contributed by atoms with Crippen molar-refractivity contribution in [2.45, 2.75) is 11.8 Å². The van der Waals surface area contributed by atoms with E-state index in [0.717, 1.165) is 0 Å². The van der Waals surface area contributed by atoms with Crippen LogP contribution in [0.1, 0.15) is 5.69 Å². The first-order chi connectivity index (χ1) is 9.97. The van der Waals surface area contributed by atoms with Gasteiger partial charge in [-0.3, -0.25) is 9.82 Å². The lowest BCUT2D eigenvalue weighted by atomic mass is 10.2. The summed E-state index contributed by atoms with van der Waals surface area (Å²) >= 11 is 3.32. The average Bonchev–Trinajstić information content (AvgIpc) is 2.86. The Morgan fingerprint density at radius 1 is 1.29 bits per heavy atom. The van der Waals surface area contributed by atoms with Crippen LogP contribution in [-0.2, 0) is 10.0 Å². The number of anilines is 1. The molecular weight excluding hydrogens is 362 g/mol. The van der Waals surface area contributed by atoms with Crippen LogP contribution in [0.15, 0.2) is 27.7 Å². The van der Waals surface area contributed by atoms with Crippen molar-refractivity contribution in [2.75, 3.05) is 17.9 Å². The quantitative estimate of drug-likeness (QED) is 0.858. The van der Waals surface area contributed by atoms with E-state index in [1.807, 2.05) is 0 Å². The van der Waals surface area contributed by atoms with Crippen molar-refractivity contribution < 1.29 is 17.9 Å². The maximum Gasteiger partial charge on any atom is 0.265 e. The fraction of sp³-hybridized carbons (Fsp3) is 0.250. The molecule has 1 aliphatic rings. The van der Waals surface area contributed by atoms with Crippen LogP contribution in [0.4, 0.5) is 5.69 Å². The molecule has 0 spiro atoms. The molecule has 9 heteroatoms. The Hall–Kier alpha value is -1.74. The van der Waals surface area contributed by atoms with Crippen molar-refractivity contribution in [1.29, 1.82) is 0 Å². The molecule has 2 heterocycles. The van der Waals surface area contributed by atoms with Gasteiger partial charge in [-0.1, -0.05) is 0 Å². The molecule has 0 aliphatic carbocycles. The van der Waals surface area contributed by atoms with Crippen LogP contribution in [0.3, 0.4) is 0 Å². The number of hydrogen-bond donors (Lipinski definition) is 2. The fourth-order valence-electron chi connectivity index (χ4n) is 1.95. The van der Waals surface area contributed by atoms with Crippen molar-refractivity contribution >= 4 is 31.6 Å². The van der Waals surface area contributed by atoms with Crippen molar-refractivity contribution in [2.24, 2.45) is 0 Å². The largest absolute Gasteiger partial charge is 0.486 e. The number of ether oxygens (including phenoxy) is 2. The van der Waals surface area contributed by atoms with E-state index >= 15 is 0 Å². The molecule has 2 N–H and O–H groups in total. The highest BCUT2D eigenvalue weighted by Crippen LogP contribution is 2.38. The van der Waals surface area contributed by atoms with Gasteiger partial charge in [-0.2, -0.15) is 5.10 Å². The minimum Gasteiger partial charge on any atom is -0.486 e. The van der Waals surface area contributed by atoms with Gasteiger partial charge in [-0.05, 0) is 22.9 Å². The molecule has 0 fully saturated rings. The number of rotatable bonds is 3. The van der Waals surface area contributed by atoms with Crippen LogP contribution in [0, 0.1) is 6.92 Å². The number of hydrogen-bond acceptors (Lipinski definition) is 5. The molecule has 0 atom stereocenters. The number of fused-ring (bicyclic) bond motifs is 1. The molecule has 1 aromatic heterocycles. The fourth-order valence-corrected chi connectivity index (χ4v) is 3.71. The predicted molar refractivity (Wildman–Crippen MR) is 79.3 cm³/mol. The number of sulfonamides is 1. The number of aromatic nitrogens is 2. The highest BCUT2D eigenvalue weighted by molar-refractivity contribution is 9.10. The van der Waals surface area contributed by atoms with Crippen molar-refractivity contribution in [3.63, 3.8) is 0 Å². The summed E-state index contributed by atoms with van der Waals surface area (Å²) in [7, 11) is -3.72. The summed E-state index contributed by atoms with van der Waals surface area (Å²) in [6.45, 7) is 2.54. The summed E-state index contributed by atoms with van der Waals surface area (Å²) < 4.78 is 38.6. The minimum absolute atomic E-state index is 0.101. The number of benzene rings is 1. The Kier molecular flexibility index (Phi) is 3.54. The summed E-state index contributed by atoms with van der Waals surface area (Å²) in [5.74, 6) is 1.08. The Morgan fingerprint density at radius 2 is 1.95 bits per heavy atom. The van der Waals surface area contributed by atoms with Crippen LogP contribution in [0.5, 0.6) is 11.5 Å². The molecule has 112 valence electrons. The lowest BCUT2D eigenvalue weighted by Gasteiger charge is -2.20. The molecule has 0 unspecified atom stereocenters. The van der Waals surface area contributed by atoms with Gasteiger partial charge in [-0.25, -0.2) is 8.42 Å². The van der Waals surface area contributed by atoms with Gasteiger partial charge in [0.05, 0.1) is 17.6 Å². The van der Waals surface area contributed by atoms with Crippen molar-refractivity contribution in [3.8, 4) is 11.5 Å². The van der Waals surface area contributed by atoms with Crippen molar-refractivity contribution in [1.82, 2.24) is 10.2 Å². The molecule has 0 amide bonds. The number of nitrogens with zero attached hydrogens (tertiary/aromatic N) is 1. The average molecular weight is 374 g/mol. The zero-order chi connectivity index (χ0) is 15.0. The molecule has 0 radical (unpaired) electrons. The van der Waals surface area contributed by atoms with E-state index in [0.29, 0.717) is 40.6 Å². The lowest BCUT2D eigenvalue weighted by Crippen LogP contribution is -2.17. The van der Waals surface area contributed by atoms with E-state index in [9.17, 15) is 8.42 Å². The van der Waals surface area contributed by atoms with Crippen molar-refractivity contribution in [3.05, 3.63) is 28.5 Å². The SMILES string of the molecule is Cc1[nH]ncc1S(=O)(=O)Nc1cc2c(cc1Br)OCCO2. The molecule has 0 bridgehead atoms. The van der Waals surface area contributed by atoms with E-state index in [1.165, 1.54) is 6.20 Å². The van der Waals surface area contributed by atoms with Crippen LogP contribution >= 0.6 is 15.9 Å². The number of aryl methyl sites for hydroxylation is 1. The first-order valence-electron chi connectivity index (χ1n) is 6.09. The zero-order valence-electron chi connectivity index (χ0n) is 11.0. The zero-order valence-corrected chi connectivity index (χ0v) is 13.4. The third kappa shape index (κ3) is 2.70. The predicted octanol–water partition coefficient (Wildman–Crippen LogP) is 2.05. The molecule has 2 aromatic rings. The third-order valence-corrected chi connectivity index (χ3v) is 5.08. The maximum absolute atomic E-state index is 12.3. The summed E-state index contributed by atoms with van der Waals surface area (Å²) in [5.41, 5.74) is 0.844. The molecule has 1 aromatic carbocycles. The molecule has 0 saturated heterocycles. The highest BCUT2D eigenvalue weighted by atomic mass is 79.9. The topological polar surface area (TPSA) is 93.3 Å². The van der Waals surface area contributed by atoms with Gasteiger partial charge in [0.2, 0.25) is 0 Å². The molecule has 21 heavy (non-hydrogen) atoms. The first kappa shape index (κ1) is 14.2. The van der Waals surface area contributed by atoms with Crippen LogP contribution in [0.2, 0.25) is 0 Å². The second-order valence-electron chi connectivity index (χ2n) is 4.44. The van der Waals surface area contributed by atoms with Crippen LogP contribution < -0.4 is 14.2 Å². The summed E-state index contributed by atoms with van der Waals surface area (Å²) in [6, 6.07) is 3.26. The van der Waals surface area contributed by atoms with E-state index in [2.05, 4.69) is 30.8 Å². The number of halogens is 1. The summed E-state index contributed by atoms with van der Waals surface area (Å²) in [6.07, 6.45) is 1.27. The molecule has 7 nitrogen and oxygen atoms in total. The van der Waals surface area contributed by atoms with Gasteiger partial charge >= 0.3 is 0 Å². The first-order valence-corrected chi connectivity index (χ1v) is 8.37. The number of aromatic amines is 1. The third-order valence-electron chi connectivity index (χ3n) is 2.95. The van der Waals surface area contributed by atoms with Gasteiger partial charge < -0.3 is 9.47 Å². The summed E-state index contributed by atoms with van der Waals surface area (Å²) in [4.78, 5) is 0.101. The molecule has 1 aliphatic heterocycles. The van der Waals surface area contributed by atoms with E-state index in [4.69, 9.17) is 9.47 Å². The Bertz CT molecular complexity index is 788. The number of nitrogens with one attached hydrogen (secondary N) is 2. The second-order valence-corrected chi connectivity index (χ2v) is 6.95. The smallest absolute Gasteiger partial charge is 0.265 e. The maximum atomic E-state index is 12.3. The molecule has 3 rings (SSSR count). The van der Waals surface area contributed by atoms with Gasteiger partial charge in [-0.15, -0.1) is 0 Å². The second kappa shape index (κ2) is 5.23. The Balaban J connectivity index is 1.97. The normalized spacial score (nSPS) is 14.0. The highest BCUT2D eigenvalue weighted by Gasteiger charge is 2.22. The monoisotopic (exact) mass is 373 g/mol. The van der Waals surface area contributed by atoms with Gasteiger partial charge in [0.25, 0.3) is 10.0 Å². The molecular formula is C12H12BrN3O4S. The van der Waals surface area contributed by atoms with E-state index in [-0.39, 0.29) is 4.90 Å². The van der Waals surface area contributed by atoms with E-state index in [1.54, 1.807) is 19.1 Å².